The number of thioether (sulfide) groups is 1. The Hall–Kier alpha value is -3.20. The van der Waals surface area contributed by atoms with Gasteiger partial charge in [0.25, 0.3) is 0 Å². The zero-order valence-corrected chi connectivity index (χ0v) is 18.7. The summed E-state index contributed by atoms with van der Waals surface area (Å²) in [6.07, 6.45) is 1.07. The van der Waals surface area contributed by atoms with Crippen molar-refractivity contribution in [2.24, 2.45) is 5.92 Å². The second-order valence-electron chi connectivity index (χ2n) is 7.67. The molecule has 2 aliphatic rings. The second-order valence-corrected chi connectivity index (χ2v) is 8.82. The van der Waals surface area contributed by atoms with E-state index in [4.69, 9.17) is 9.47 Å². The molecule has 168 valence electrons. The predicted molar refractivity (Wildman–Crippen MR) is 122 cm³/mol. The van der Waals surface area contributed by atoms with E-state index in [1.54, 1.807) is 37.3 Å². The Labute approximate surface area is 190 Å². The fourth-order valence-electron chi connectivity index (χ4n) is 3.87. The predicted octanol–water partition coefficient (Wildman–Crippen LogP) is 2.99. The van der Waals surface area contributed by atoms with Crippen LogP contribution in [0.25, 0.3) is 0 Å². The number of para-hydroxylation sites is 1. The number of benzene rings is 2. The Morgan fingerprint density at radius 1 is 1.06 bits per heavy atom. The van der Waals surface area contributed by atoms with Gasteiger partial charge in [-0.15, -0.1) is 11.8 Å². The van der Waals surface area contributed by atoms with Crippen LogP contribution < -0.4 is 20.1 Å². The zero-order chi connectivity index (χ0) is 22.7. The third-order valence-corrected chi connectivity index (χ3v) is 6.91. The van der Waals surface area contributed by atoms with Crippen LogP contribution in [0.5, 0.6) is 11.5 Å². The average Bonchev–Trinajstić information content (AvgIpc) is 2.82. The summed E-state index contributed by atoms with van der Waals surface area (Å²) in [5, 5.41) is 4.92. The van der Waals surface area contributed by atoms with Crippen molar-refractivity contribution in [3.8, 4) is 11.5 Å². The number of carbonyl (C=O) groups excluding carboxylic acids is 3. The molecule has 1 atom stereocenters. The summed E-state index contributed by atoms with van der Waals surface area (Å²) >= 11 is 1.28. The molecule has 4 rings (SSSR count). The molecule has 32 heavy (non-hydrogen) atoms. The van der Waals surface area contributed by atoms with Crippen LogP contribution in [0.3, 0.4) is 0 Å². The number of methoxy groups -OCH3 is 2. The fourth-order valence-corrected chi connectivity index (χ4v) is 4.94. The molecule has 9 heteroatoms. The van der Waals surface area contributed by atoms with E-state index in [1.165, 1.54) is 11.8 Å². The van der Waals surface area contributed by atoms with E-state index in [0.717, 1.165) is 10.6 Å². The van der Waals surface area contributed by atoms with E-state index in [1.807, 2.05) is 24.3 Å². The first-order valence-electron chi connectivity index (χ1n) is 10.4. The minimum Gasteiger partial charge on any atom is -0.497 e. The smallest absolute Gasteiger partial charge is 0.247 e. The number of hydrogen-bond acceptors (Lipinski definition) is 6. The summed E-state index contributed by atoms with van der Waals surface area (Å²) < 4.78 is 10.5. The summed E-state index contributed by atoms with van der Waals surface area (Å²) in [6.45, 7) is 0.870. The van der Waals surface area contributed by atoms with Crippen molar-refractivity contribution in [1.29, 1.82) is 0 Å². The van der Waals surface area contributed by atoms with Gasteiger partial charge < -0.3 is 25.0 Å². The summed E-state index contributed by atoms with van der Waals surface area (Å²) in [7, 11) is 3.10. The van der Waals surface area contributed by atoms with Crippen molar-refractivity contribution in [3.63, 3.8) is 0 Å². The van der Waals surface area contributed by atoms with Crippen molar-refractivity contribution < 1.29 is 23.9 Å². The van der Waals surface area contributed by atoms with Gasteiger partial charge in [-0.1, -0.05) is 12.1 Å². The number of fused-ring (bicyclic) bond motifs is 1. The monoisotopic (exact) mass is 455 g/mol. The molecule has 0 saturated carbocycles. The highest BCUT2D eigenvalue weighted by atomic mass is 32.2. The van der Waals surface area contributed by atoms with Crippen molar-refractivity contribution in [1.82, 2.24) is 4.90 Å². The van der Waals surface area contributed by atoms with Gasteiger partial charge in [0.2, 0.25) is 17.7 Å². The lowest BCUT2D eigenvalue weighted by Crippen LogP contribution is -2.48. The van der Waals surface area contributed by atoms with E-state index < -0.39 is 5.25 Å². The Bertz CT molecular complexity index is 1010. The van der Waals surface area contributed by atoms with Gasteiger partial charge in [0.15, 0.2) is 5.25 Å². The molecule has 1 fully saturated rings. The van der Waals surface area contributed by atoms with Gasteiger partial charge in [0, 0.05) is 47.8 Å². The maximum absolute atomic E-state index is 13.0. The second kappa shape index (κ2) is 9.52. The van der Waals surface area contributed by atoms with E-state index in [-0.39, 0.29) is 23.6 Å². The number of rotatable bonds is 5. The van der Waals surface area contributed by atoms with Crippen LogP contribution in [0, 0.1) is 5.92 Å². The van der Waals surface area contributed by atoms with Crippen LogP contribution in [0.4, 0.5) is 11.4 Å². The molecule has 8 nitrogen and oxygen atoms in total. The number of piperidine rings is 1. The molecule has 0 aliphatic carbocycles. The third kappa shape index (κ3) is 4.67. The first kappa shape index (κ1) is 22.0. The highest BCUT2D eigenvalue weighted by Gasteiger charge is 2.37. The molecule has 0 aromatic heterocycles. The molecule has 2 aromatic rings. The molecule has 2 aliphatic heterocycles. The molecule has 3 amide bonds. The number of likely N-dealkylation sites (tertiary alicyclic amines) is 1. The zero-order valence-electron chi connectivity index (χ0n) is 17.9. The largest absolute Gasteiger partial charge is 0.497 e. The van der Waals surface area contributed by atoms with Crippen LogP contribution in [-0.4, -0.2) is 55.2 Å². The quantitative estimate of drug-likeness (QED) is 0.673. The molecular formula is C23H25N3O5S. The van der Waals surface area contributed by atoms with Crippen LogP contribution in [0.1, 0.15) is 12.8 Å². The van der Waals surface area contributed by atoms with Crippen LogP contribution in [0.2, 0.25) is 0 Å². The maximum atomic E-state index is 13.0. The molecule has 0 bridgehead atoms. The van der Waals surface area contributed by atoms with Crippen LogP contribution in [-0.2, 0) is 14.4 Å². The molecular weight excluding hydrogens is 430 g/mol. The molecule has 2 N–H and O–H groups in total. The lowest BCUT2D eigenvalue weighted by molar-refractivity contribution is -0.136. The van der Waals surface area contributed by atoms with Gasteiger partial charge in [-0.2, -0.15) is 0 Å². The van der Waals surface area contributed by atoms with Gasteiger partial charge in [0.05, 0.1) is 19.9 Å². The Morgan fingerprint density at radius 2 is 1.72 bits per heavy atom. The van der Waals surface area contributed by atoms with E-state index >= 15 is 0 Å². The number of nitrogens with one attached hydrogen (secondary N) is 2. The number of carbonyl (C=O) groups is 3. The molecule has 1 saturated heterocycles. The number of hydrogen-bond donors (Lipinski definition) is 2. The standard InChI is InChI=1S/C23H25N3O5S/c1-30-16-11-15(12-17(13-16)31-2)24-21(27)14-7-9-26(10-8-14)23(29)20-22(28)25-18-5-3-4-6-19(18)32-20/h3-6,11-14,20H,7-10H2,1-2H3,(H,24,27)(H,25,28)/t20-/m1/s1. The van der Waals surface area contributed by atoms with Crippen LogP contribution in [0.15, 0.2) is 47.4 Å². The highest BCUT2D eigenvalue weighted by Crippen LogP contribution is 2.36. The Balaban J connectivity index is 1.34. The first-order chi connectivity index (χ1) is 15.5. The lowest BCUT2D eigenvalue weighted by atomic mass is 9.95. The van der Waals surface area contributed by atoms with Gasteiger partial charge in [0.1, 0.15) is 11.5 Å². The van der Waals surface area contributed by atoms with Gasteiger partial charge in [-0.25, -0.2) is 0 Å². The highest BCUT2D eigenvalue weighted by molar-refractivity contribution is 8.01. The van der Waals surface area contributed by atoms with Crippen molar-refractivity contribution in [3.05, 3.63) is 42.5 Å². The summed E-state index contributed by atoms with van der Waals surface area (Å²) in [5.41, 5.74) is 1.33. The Kier molecular flexibility index (Phi) is 6.55. The molecule has 2 heterocycles. The lowest BCUT2D eigenvalue weighted by Gasteiger charge is -2.34. The van der Waals surface area contributed by atoms with Crippen molar-refractivity contribution in [2.45, 2.75) is 23.0 Å². The summed E-state index contributed by atoms with van der Waals surface area (Å²) in [6, 6.07) is 12.6. The van der Waals surface area contributed by atoms with Crippen LogP contribution >= 0.6 is 11.8 Å². The van der Waals surface area contributed by atoms with Gasteiger partial charge in [-0.05, 0) is 25.0 Å². The number of nitrogens with zero attached hydrogens (tertiary/aromatic N) is 1. The molecule has 0 spiro atoms. The average molecular weight is 456 g/mol. The SMILES string of the molecule is COc1cc(NC(=O)C2CCN(C(=O)[C@@H]3Sc4ccccc4NC3=O)CC2)cc(OC)c1. The van der Waals surface area contributed by atoms with E-state index in [9.17, 15) is 14.4 Å². The number of ether oxygens (including phenoxy) is 2. The summed E-state index contributed by atoms with van der Waals surface area (Å²) in [5.74, 6) is 0.342. The number of amides is 3. The minimum absolute atomic E-state index is 0.105. The van der Waals surface area contributed by atoms with E-state index in [0.29, 0.717) is 43.1 Å². The van der Waals surface area contributed by atoms with Gasteiger partial charge in [-0.3, -0.25) is 14.4 Å². The normalized spacial score (nSPS) is 18.4. The molecule has 0 radical (unpaired) electrons. The minimum atomic E-state index is -0.806. The van der Waals surface area contributed by atoms with Crippen molar-refractivity contribution >= 4 is 40.9 Å². The van der Waals surface area contributed by atoms with Gasteiger partial charge >= 0.3 is 0 Å². The topological polar surface area (TPSA) is 97.0 Å². The van der Waals surface area contributed by atoms with E-state index in [2.05, 4.69) is 10.6 Å². The van der Waals surface area contributed by atoms with Crippen molar-refractivity contribution in [2.75, 3.05) is 37.9 Å². The molecule has 0 unspecified atom stereocenters. The fraction of sp³-hybridized carbons (Fsp3) is 0.348. The number of anilines is 2. The third-order valence-electron chi connectivity index (χ3n) is 5.65. The maximum Gasteiger partial charge on any atom is 0.247 e. The summed E-state index contributed by atoms with van der Waals surface area (Å²) in [4.78, 5) is 40.8. The first-order valence-corrected chi connectivity index (χ1v) is 11.3. The molecule has 2 aromatic carbocycles. The Morgan fingerprint density at radius 3 is 2.38 bits per heavy atom.